The Balaban J connectivity index is 1.42. The van der Waals surface area contributed by atoms with E-state index in [2.05, 4.69) is 10.6 Å². The van der Waals surface area contributed by atoms with Crippen LogP contribution < -0.4 is 15.5 Å². The summed E-state index contributed by atoms with van der Waals surface area (Å²) in [5, 5.41) is 18.2. The molecule has 0 aliphatic carbocycles. The lowest BCUT2D eigenvalue weighted by Crippen LogP contribution is -2.39. The molecule has 2 heterocycles. The average Bonchev–Trinajstić information content (AvgIpc) is 3.18. The van der Waals surface area contributed by atoms with Crippen LogP contribution >= 0.6 is 22.9 Å². The molecule has 0 unspecified atom stereocenters. The van der Waals surface area contributed by atoms with Gasteiger partial charge in [0.15, 0.2) is 0 Å². The van der Waals surface area contributed by atoms with Gasteiger partial charge in [-0.05, 0) is 53.4 Å². The number of amidine groups is 1. The fourth-order valence-corrected chi connectivity index (χ4v) is 3.89. The van der Waals surface area contributed by atoms with Crippen LogP contribution in [-0.4, -0.2) is 18.4 Å². The summed E-state index contributed by atoms with van der Waals surface area (Å²) >= 11 is 7.68. The summed E-state index contributed by atoms with van der Waals surface area (Å²) in [4.78, 5) is 14.0. The Bertz CT molecular complexity index is 1060. The fraction of sp³-hybridized carbons (Fsp3) is 0.0476. The number of rotatable bonds is 4. The molecule has 2 aromatic carbocycles. The third-order valence-electron chi connectivity index (χ3n) is 4.35. The van der Waals surface area contributed by atoms with Gasteiger partial charge >= 0.3 is 0 Å². The molecule has 4 rings (SSSR count). The van der Waals surface area contributed by atoms with Crippen molar-refractivity contribution in [2.45, 2.75) is 0 Å². The number of anilines is 3. The van der Waals surface area contributed by atoms with E-state index in [0.29, 0.717) is 23.2 Å². The molecule has 1 aliphatic heterocycles. The minimum Gasteiger partial charge on any atom is -0.359 e. The van der Waals surface area contributed by atoms with Gasteiger partial charge in [0.1, 0.15) is 10.8 Å². The Morgan fingerprint density at radius 1 is 1.18 bits per heavy atom. The number of carbonyl (C=O) groups excluding carboxylic acids is 1. The molecule has 140 valence electrons. The highest BCUT2D eigenvalue weighted by Gasteiger charge is 2.22. The van der Waals surface area contributed by atoms with E-state index in [1.54, 1.807) is 23.5 Å². The Morgan fingerprint density at radius 2 is 1.96 bits per heavy atom. The van der Waals surface area contributed by atoms with Crippen molar-refractivity contribution >= 4 is 57.1 Å². The van der Waals surface area contributed by atoms with Crippen LogP contribution in [0.1, 0.15) is 11.1 Å². The zero-order chi connectivity index (χ0) is 19.5. The Morgan fingerprint density at radius 3 is 2.75 bits per heavy atom. The molecule has 0 fully saturated rings. The standard InChI is InChI=1S/C21H17ClN4OS/c22-18-4-2-1-3-14(18)5-10-19(27)25-15-6-8-16(9-7-15)26-13-24-21-17(20(26)23)11-12-28-21/h1-12,23-24H,13H2,(H,25,27). The molecule has 1 aromatic heterocycles. The zero-order valence-corrected chi connectivity index (χ0v) is 16.3. The second-order valence-electron chi connectivity index (χ2n) is 6.17. The van der Waals surface area contributed by atoms with Crippen molar-refractivity contribution in [3.63, 3.8) is 0 Å². The molecule has 1 amide bonds. The minimum atomic E-state index is -0.233. The van der Waals surface area contributed by atoms with Crippen LogP contribution in [-0.2, 0) is 4.79 Å². The predicted molar refractivity (Wildman–Crippen MR) is 118 cm³/mol. The van der Waals surface area contributed by atoms with Crippen LogP contribution in [0.2, 0.25) is 5.02 Å². The molecule has 0 saturated carbocycles. The SMILES string of the molecule is N=C1c2ccsc2NCN1c1ccc(NC(=O)C=Cc2ccccc2Cl)cc1. The summed E-state index contributed by atoms with van der Waals surface area (Å²) in [7, 11) is 0. The number of halogens is 1. The van der Waals surface area contributed by atoms with Crippen molar-refractivity contribution in [1.29, 1.82) is 5.41 Å². The number of hydrogen-bond acceptors (Lipinski definition) is 4. The van der Waals surface area contributed by atoms with E-state index < -0.39 is 0 Å². The van der Waals surface area contributed by atoms with Gasteiger partial charge in [-0.2, -0.15) is 0 Å². The zero-order valence-electron chi connectivity index (χ0n) is 14.8. The van der Waals surface area contributed by atoms with Crippen LogP contribution in [0.3, 0.4) is 0 Å². The normalized spacial score (nSPS) is 13.3. The highest BCUT2D eigenvalue weighted by molar-refractivity contribution is 7.14. The Kier molecular flexibility index (Phi) is 5.14. The first kappa shape index (κ1) is 18.3. The maximum atomic E-state index is 12.1. The lowest BCUT2D eigenvalue weighted by atomic mass is 10.2. The highest BCUT2D eigenvalue weighted by Crippen LogP contribution is 2.30. The largest absolute Gasteiger partial charge is 0.359 e. The number of amides is 1. The Labute approximate surface area is 171 Å². The smallest absolute Gasteiger partial charge is 0.248 e. The maximum absolute atomic E-state index is 12.1. The molecule has 7 heteroatoms. The van der Waals surface area contributed by atoms with Crippen molar-refractivity contribution in [3.05, 3.63) is 82.2 Å². The summed E-state index contributed by atoms with van der Waals surface area (Å²) < 4.78 is 0. The van der Waals surface area contributed by atoms with Gasteiger partial charge in [0.05, 0.1) is 12.2 Å². The van der Waals surface area contributed by atoms with E-state index in [-0.39, 0.29) is 5.91 Å². The second kappa shape index (κ2) is 7.88. The third-order valence-corrected chi connectivity index (χ3v) is 5.57. The summed E-state index contributed by atoms with van der Waals surface area (Å²) in [6.07, 6.45) is 3.14. The number of thiophene rings is 1. The van der Waals surface area contributed by atoms with Crippen LogP contribution in [0.5, 0.6) is 0 Å². The molecule has 5 nitrogen and oxygen atoms in total. The first-order chi connectivity index (χ1) is 13.6. The van der Waals surface area contributed by atoms with E-state index in [4.69, 9.17) is 17.0 Å². The van der Waals surface area contributed by atoms with Crippen molar-refractivity contribution in [3.8, 4) is 0 Å². The fourth-order valence-electron chi connectivity index (χ4n) is 2.91. The van der Waals surface area contributed by atoms with E-state index in [1.165, 1.54) is 6.08 Å². The number of nitrogens with one attached hydrogen (secondary N) is 3. The lowest BCUT2D eigenvalue weighted by molar-refractivity contribution is -0.111. The first-order valence-corrected chi connectivity index (χ1v) is 9.89. The van der Waals surface area contributed by atoms with E-state index in [1.807, 2.05) is 58.8 Å². The van der Waals surface area contributed by atoms with Gasteiger partial charge in [-0.1, -0.05) is 29.8 Å². The number of hydrogen-bond donors (Lipinski definition) is 3. The molecular weight excluding hydrogens is 392 g/mol. The van der Waals surface area contributed by atoms with Gasteiger partial charge in [-0.15, -0.1) is 11.3 Å². The van der Waals surface area contributed by atoms with Crippen LogP contribution in [0.25, 0.3) is 6.08 Å². The van der Waals surface area contributed by atoms with Gasteiger partial charge in [0.25, 0.3) is 0 Å². The Hall–Kier alpha value is -3.09. The van der Waals surface area contributed by atoms with Crippen molar-refractivity contribution in [1.82, 2.24) is 0 Å². The van der Waals surface area contributed by atoms with Crippen LogP contribution in [0.4, 0.5) is 16.4 Å². The van der Waals surface area contributed by atoms with Gasteiger partial charge < -0.3 is 15.5 Å². The maximum Gasteiger partial charge on any atom is 0.248 e. The number of fused-ring (bicyclic) bond motifs is 1. The topological polar surface area (TPSA) is 68.2 Å². The van der Waals surface area contributed by atoms with Crippen LogP contribution in [0, 0.1) is 5.41 Å². The molecule has 0 bridgehead atoms. The summed E-state index contributed by atoms with van der Waals surface area (Å²) in [6.45, 7) is 0.540. The quantitative estimate of drug-likeness (QED) is 0.515. The molecule has 28 heavy (non-hydrogen) atoms. The molecule has 0 atom stereocenters. The van der Waals surface area contributed by atoms with E-state index >= 15 is 0 Å². The summed E-state index contributed by atoms with van der Waals surface area (Å²) in [5.74, 6) is 0.234. The lowest BCUT2D eigenvalue weighted by Gasteiger charge is -2.30. The predicted octanol–water partition coefficient (Wildman–Crippen LogP) is 5.27. The molecular formula is C21H17ClN4OS. The molecule has 3 N–H and O–H groups in total. The van der Waals surface area contributed by atoms with Gasteiger partial charge in [0.2, 0.25) is 5.91 Å². The molecule has 1 aliphatic rings. The van der Waals surface area contributed by atoms with Gasteiger partial charge in [-0.25, -0.2) is 0 Å². The highest BCUT2D eigenvalue weighted by atomic mass is 35.5. The van der Waals surface area contributed by atoms with Crippen molar-refractivity contribution in [2.75, 3.05) is 22.2 Å². The van der Waals surface area contributed by atoms with Gasteiger partial charge in [-0.3, -0.25) is 10.2 Å². The van der Waals surface area contributed by atoms with Crippen molar-refractivity contribution in [2.24, 2.45) is 0 Å². The molecule has 0 saturated heterocycles. The van der Waals surface area contributed by atoms with Gasteiger partial charge in [0, 0.05) is 22.5 Å². The molecule has 0 spiro atoms. The number of benzene rings is 2. The monoisotopic (exact) mass is 408 g/mol. The molecule has 3 aromatic rings. The first-order valence-electron chi connectivity index (χ1n) is 8.63. The second-order valence-corrected chi connectivity index (χ2v) is 7.49. The van der Waals surface area contributed by atoms with E-state index in [9.17, 15) is 4.79 Å². The number of carbonyl (C=O) groups is 1. The number of nitrogens with zero attached hydrogens (tertiary/aromatic N) is 1. The average molecular weight is 409 g/mol. The van der Waals surface area contributed by atoms with Crippen LogP contribution in [0.15, 0.2) is 66.1 Å². The summed E-state index contributed by atoms with van der Waals surface area (Å²) in [6, 6.07) is 16.7. The van der Waals surface area contributed by atoms with Crippen molar-refractivity contribution < 1.29 is 4.79 Å². The minimum absolute atomic E-state index is 0.233. The molecule has 0 radical (unpaired) electrons. The third kappa shape index (κ3) is 3.78. The summed E-state index contributed by atoms with van der Waals surface area (Å²) in [5.41, 5.74) is 3.26. The van der Waals surface area contributed by atoms with E-state index in [0.717, 1.165) is 21.8 Å².